The van der Waals surface area contributed by atoms with Crippen LogP contribution >= 0.6 is 0 Å². The van der Waals surface area contributed by atoms with Gasteiger partial charge >= 0.3 is 12.0 Å². The maximum absolute atomic E-state index is 12.1. The summed E-state index contributed by atoms with van der Waals surface area (Å²) in [6.45, 7) is 1.64. The highest BCUT2D eigenvalue weighted by Gasteiger charge is 2.51. The largest absolute Gasteiger partial charge is 0.481 e. The van der Waals surface area contributed by atoms with Crippen molar-refractivity contribution in [1.82, 2.24) is 10.2 Å². The second-order valence-electron chi connectivity index (χ2n) is 5.82. The molecule has 5 atom stereocenters. The lowest BCUT2D eigenvalue weighted by Crippen LogP contribution is -2.52. The molecule has 2 fully saturated rings. The smallest absolute Gasteiger partial charge is 0.317 e. The van der Waals surface area contributed by atoms with E-state index in [4.69, 9.17) is 5.11 Å². The number of aliphatic hydroxyl groups is 1. The maximum atomic E-state index is 12.1. The highest BCUT2D eigenvalue weighted by molar-refractivity contribution is 5.77. The number of carbonyl (C=O) groups excluding carboxylic acids is 1. The maximum Gasteiger partial charge on any atom is 0.317 e. The number of hydrogen-bond donors (Lipinski definition) is 3. The number of nitrogens with one attached hydrogen (secondary N) is 1. The van der Waals surface area contributed by atoms with Crippen LogP contribution < -0.4 is 5.32 Å². The van der Waals surface area contributed by atoms with E-state index in [0.717, 1.165) is 19.3 Å². The van der Waals surface area contributed by atoms with Gasteiger partial charge in [0.25, 0.3) is 0 Å². The zero-order valence-electron chi connectivity index (χ0n) is 11.4. The minimum atomic E-state index is -0.810. The lowest BCUT2D eigenvalue weighted by Gasteiger charge is -2.32. The van der Waals surface area contributed by atoms with Crippen LogP contribution in [0.25, 0.3) is 0 Å². The molecule has 6 nitrogen and oxygen atoms in total. The Kier molecular flexibility index (Phi) is 3.99. The molecular weight excluding hydrogens is 248 g/mol. The lowest BCUT2D eigenvalue weighted by atomic mass is 9.84. The van der Waals surface area contributed by atoms with E-state index in [1.165, 1.54) is 4.90 Å². The number of rotatable bonds is 4. The van der Waals surface area contributed by atoms with Gasteiger partial charge < -0.3 is 20.4 Å². The Balaban J connectivity index is 2.01. The molecule has 108 valence electrons. The molecule has 2 amide bonds. The number of carboxylic acids is 1. The molecule has 2 aliphatic rings. The summed E-state index contributed by atoms with van der Waals surface area (Å²) in [6, 6.07) is -0.843. The van der Waals surface area contributed by atoms with Gasteiger partial charge in [-0.2, -0.15) is 0 Å². The van der Waals surface area contributed by atoms with E-state index >= 15 is 0 Å². The fraction of sp³-hybridized carbons (Fsp3) is 0.846. The standard InChI is InChI=1S/C13H22N2O4/c1-7(6-16)15(2)13(19)14-11-9-4-3-8(5-9)10(11)12(17)18/h7-11,16H,3-6H2,1-2H3,(H,14,19)(H,17,18). The number of carboxylic acid groups (broad SMARTS) is 1. The van der Waals surface area contributed by atoms with Gasteiger partial charge in [-0.15, -0.1) is 0 Å². The first-order chi connectivity index (χ1) is 8.95. The summed E-state index contributed by atoms with van der Waals surface area (Å²) in [5.41, 5.74) is 0. The van der Waals surface area contributed by atoms with Crippen molar-refractivity contribution in [2.24, 2.45) is 17.8 Å². The minimum absolute atomic E-state index is 0.108. The van der Waals surface area contributed by atoms with Gasteiger partial charge in [-0.1, -0.05) is 0 Å². The van der Waals surface area contributed by atoms with Crippen LogP contribution in [0.5, 0.6) is 0 Å². The van der Waals surface area contributed by atoms with E-state index in [9.17, 15) is 14.7 Å². The molecule has 0 spiro atoms. The normalized spacial score (nSPS) is 34.1. The Morgan fingerprint density at radius 1 is 1.37 bits per heavy atom. The van der Waals surface area contributed by atoms with Crippen LogP contribution in [-0.4, -0.2) is 52.9 Å². The van der Waals surface area contributed by atoms with Crippen LogP contribution in [-0.2, 0) is 4.79 Å². The molecule has 0 aliphatic heterocycles. The summed E-state index contributed by atoms with van der Waals surface area (Å²) in [7, 11) is 1.61. The molecule has 2 rings (SSSR count). The van der Waals surface area contributed by atoms with E-state index < -0.39 is 11.9 Å². The van der Waals surface area contributed by atoms with Crippen molar-refractivity contribution in [2.45, 2.75) is 38.3 Å². The number of nitrogens with zero attached hydrogens (tertiary/aromatic N) is 1. The van der Waals surface area contributed by atoms with Crippen LogP contribution in [0.1, 0.15) is 26.2 Å². The number of aliphatic hydroxyl groups excluding tert-OH is 1. The van der Waals surface area contributed by atoms with E-state index in [2.05, 4.69) is 5.32 Å². The highest BCUT2D eigenvalue weighted by Crippen LogP contribution is 2.48. The summed E-state index contributed by atoms with van der Waals surface area (Å²) in [6.07, 6.45) is 2.86. The van der Waals surface area contributed by atoms with E-state index in [1.807, 2.05) is 0 Å². The average molecular weight is 270 g/mol. The number of urea groups is 1. The van der Waals surface area contributed by atoms with Gasteiger partial charge in [-0.3, -0.25) is 4.79 Å². The molecule has 6 heteroatoms. The summed E-state index contributed by atoms with van der Waals surface area (Å²) in [5, 5.41) is 21.2. The third-order valence-corrected chi connectivity index (χ3v) is 4.74. The summed E-state index contributed by atoms with van der Waals surface area (Å²) in [4.78, 5) is 24.8. The quantitative estimate of drug-likeness (QED) is 0.694. The van der Waals surface area contributed by atoms with Crippen LogP contribution in [0, 0.1) is 17.8 Å². The number of fused-ring (bicyclic) bond motifs is 2. The topological polar surface area (TPSA) is 89.9 Å². The minimum Gasteiger partial charge on any atom is -0.481 e. The molecule has 2 aliphatic carbocycles. The Bertz CT molecular complexity index is 374. The molecule has 19 heavy (non-hydrogen) atoms. The number of amides is 2. The molecule has 5 unspecified atom stereocenters. The van der Waals surface area contributed by atoms with Crippen LogP contribution in [0.3, 0.4) is 0 Å². The second kappa shape index (κ2) is 5.36. The molecule has 3 N–H and O–H groups in total. The molecule has 0 saturated heterocycles. The van der Waals surface area contributed by atoms with E-state index in [-0.39, 0.29) is 36.6 Å². The average Bonchev–Trinajstić information content (AvgIpc) is 2.97. The molecule has 0 radical (unpaired) electrons. The Morgan fingerprint density at radius 3 is 2.58 bits per heavy atom. The van der Waals surface area contributed by atoms with Crippen molar-refractivity contribution in [1.29, 1.82) is 0 Å². The van der Waals surface area contributed by atoms with Gasteiger partial charge in [0.05, 0.1) is 18.6 Å². The summed E-state index contributed by atoms with van der Waals surface area (Å²) >= 11 is 0. The van der Waals surface area contributed by atoms with Gasteiger partial charge in [0.1, 0.15) is 0 Å². The fourth-order valence-electron chi connectivity index (χ4n) is 3.42. The summed E-state index contributed by atoms with van der Waals surface area (Å²) < 4.78 is 0. The Labute approximate surface area is 112 Å². The van der Waals surface area contributed by atoms with Crippen molar-refractivity contribution in [3.63, 3.8) is 0 Å². The number of carbonyl (C=O) groups is 2. The molecule has 0 aromatic rings. The lowest BCUT2D eigenvalue weighted by molar-refractivity contribution is -0.144. The predicted molar refractivity (Wildman–Crippen MR) is 68.6 cm³/mol. The van der Waals surface area contributed by atoms with Gasteiger partial charge in [-0.25, -0.2) is 4.79 Å². The number of likely N-dealkylation sites (N-methyl/N-ethyl adjacent to an activating group) is 1. The first-order valence-corrected chi connectivity index (χ1v) is 6.82. The second-order valence-corrected chi connectivity index (χ2v) is 5.82. The van der Waals surface area contributed by atoms with Crippen LogP contribution in [0.2, 0.25) is 0 Å². The molecule has 2 saturated carbocycles. The van der Waals surface area contributed by atoms with Gasteiger partial charge in [-0.05, 0) is 38.0 Å². The molecule has 0 aromatic carbocycles. The third kappa shape index (κ3) is 2.54. The van der Waals surface area contributed by atoms with Gasteiger partial charge in [0.15, 0.2) is 0 Å². The van der Waals surface area contributed by atoms with E-state index in [0.29, 0.717) is 0 Å². The Morgan fingerprint density at radius 2 is 2.00 bits per heavy atom. The third-order valence-electron chi connectivity index (χ3n) is 4.74. The molecule has 0 heterocycles. The number of aliphatic carboxylic acids is 1. The highest BCUT2D eigenvalue weighted by atomic mass is 16.4. The van der Waals surface area contributed by atoms with Crippen molar-refractivity contribution < 1.29 is 19.8 Å². The van der Waals surface area contributed by atoms with Gasteiger partial charge in [0, 0.05) is 13.1 Å². The van der Waals surface area contributed by atoms with Crippen LogP contribution in [0.15, 0.2) is 0 Å². The first kappa shape index (κ1) is 14.1. The molecule has 2 bridgehead atoms. The zero-order chi connectivity index (χ0) is 14.2. The van der Waals surface area contributed by atoms with Gasteiger partial charge in [0.2, 0.25) is 0 Å². The first-order valence-electron chi connectivity index (χ1n) is 6.82. The Hall–Kier alpha value is -1.30. The fourth-order valence-corrected chi connectivity index (χ4v) is 3.42. The number of hydrogen-bond acceptors (Lipinski definition) is 3. The zero-order valence-corrected chi connectivity index (χ0v) is 11.4. The summed E-state index contributed by atoms with van der Waals surface area (Å²) in [5.74, 6) is -0.780. The molecule has 0 aromatic heterocycles. The predicted octanol–water partition coefficient (Wildman–Crippen LogP) is 0.508. The molecular formula is C13H22N2O4. The van der Waals surface area contributed by atoms with Crippen molar-refractivity contribution in [2.75, 3.05) is 13.7 Å². The SMILES string of the molecule is CC(CO)N(C)C(=O)NC1C2CCC(C2)C1C(=O)O. The monoisotopic (exact) mass is 270 g/mol. The van der Waals surface area contributed by atoms with Crippen molar-refractivity contribution >= 4 is 12.0 Å². The van der Waals surface area contributed by atoms with Crippen LogP contribution in [0.4, 0.5) is 4.79 Å². The van der Waals surface area contributed by atoms with E-state index in [1.54, 1.807) is 14.0 Å². The van der Waals surface area contributed by atoms with Crippen molar-refractivity contribution in [3.8, 4) is 0 Å². The van der Waals surface area contributed by atoms with Crippen molar-refractivity contribution in [3.05, 3.63) is 0 Å².